The van der Waals surface area contributed by atoms with Crippen LogP contribution in [0.3, 0.4) is 0 Å². The first-order chi connectivity index (χ1) is 18.2. The fourth-order valence-electron chi connectivity index (χ4n) is 2.86. The van der Waals surface area contributed by atoms with Gasteiger partial charge < -0.3 is 64.2 Å². The Kier molecular flexibility index (Phi) is 24.0. The van der Waals surface area contributed by atoms with E-state index in [-0.39, 0.29) is 64.7 Å². The SMILES string of the molecule is CCC(O)COCC(COCC(COC(COCC(O)CO)COCC(O)CO)C(C)C)OCC(O)CO. The predicted octanol–water partition coefficient (Wildman–Crippen LogP) is -2.07. The molecule has 13 heteroatoms. The van der Waals surface area contributed by atoms with E-state index in [1.54, 1.807) is 0 Å². The van der Waals surface area contributed by atoms with Crippen molar-refractivity contribution in [2.75, 3.05) is 85.9 Å². The molecule has 0 fully saturated rings. The molecule has 0 spiro atoms. The van der Waals surface area contributed by atoms with Crippen LogP contribution < -0.4 is 0 Å². The molecule has 7 N–H and O–H groups in total. The molecule has 6 atom stereocenters. The zero-order valence-electron chi connectivity index (χ0n) is 23.1. The summed E-state index contributed by atoms with van der Waals surface area (Å²) in [5.41, 5.74) is 0. The van der Waals surface area contributed by atoms with Gasteiger partial charge in [-0.3, -0.25) is 0 Å². The third kappa shape index (κ3) is 20.4. The van der Waals surface area contributed by atoms with Crippen LogP contribution >= 0.6 is 0 Å². The minimum atomic E-state index is -1.02. The zero-order chi connectivity index (χ0) is 28.8. The molecular weight excluding hydrogens is 508 g/mol. The van der Waals surface area contributed by atoms with Gasteiger partial charge in [-0.1, -0.05) is 20.8 Å². The quantitative estimate of drug-likeness (QED) is 0.0579. The Hall–Kier alpha value is -0.520. The van der Waals surface area contributed by atoms with Crippen LogP contribution in [0.2, 0.25) is 0 Å². The number of ether oxygens (including phenoxy) is 6. The number of aliphatic hydroxyl groups is 7. The highest BCUT2D eigenvalue weighted by Gasteiger charge is 2.21. The molecule has 0 saturated heterocycles. The molecule has 0 aliphatic rings. The van der Waals surface area contributed by atoms with E-state index >= 15 is 0 Å². The molecule has 0 aromatic heterocycles. The van der Waals surface area contributed by atoms with Crippen LogP contribution in [0.1, 0.15) is 27.2 Å². The van der Waals surface area contributed by atoms with E-state index in [9.17, 15) is 20.4 Å². The van der Waals surface area contributed by atoms with Crippen molar-refractivity contribution in [3.05, 3.63) is 0 Å². The fraction of sp³-hybridized carbons (Fsp3) is 1.00. The predicted molar refractivity (Wildman–Crippen MR) is 137 cm³/mol. The lowest BCUT2D eigenvalue weighted by atomic mass is 9.98. The van der Waals surface area contributed by atoms with Gasteiger partial charge in [0.15, 0.2) is 0 Å². The monoisotopic (exact) mass is 560 g/mol. The Labute approximate surface area is 226 Å². The van der Waals surface area contributed by atoms with Crippen molar-refractivity contribution in [1.29, 1.82) is 0 Å². The van der Waals surface area contributed by atoms with Crippen LogP contribution in [-0.4, -0.2) is 158 Å². The lowest BCUT2D eigenvalue weighted by molar-refractivity contribution is -0.113. The summed E-state index contributed by atoms with van der Waals surface area (Å²) in [6.45, 7) is 5.64. The second kappa shape index (κ2) is 24.3. The summed E-state index contributed by atoms with van der Waals surface area (Å²) in [5.74, 6) is 0.173. The summed E-state index contributed by atoms with van der Waals surface area (Å²) < 4.78 is 33.8. The Balaban J connectivity index is 4.81. The summed E-state index contributed by atoms with van der Waals surface area (Å²) in [6.07, 6.45) is -4.10. The van der Waals surface area contributed by atoms with E-state index < -0.39 is 56.4 Å². The minimum absolute atomic E-state index is 0.0184. The van der Waals surface area contributed by atoms with Crippen molar-refractivity contribution in [1.82, 2.24) is 0 Å². The van der Waals surface area contributed by atoms with Gasteiger partial charge in [0, 0.05) is 5.92 Å². The van der Waals surface area contributed by atoms with E-state index in [4.69, 9.17) is 43.7 Å². The van der Waals surface area contributed by atoms with Crippen molar-refractivity contribution in [2.24, 2.45) is 11.8 Å². The van der Waals surface area contributed by atoms with Gasteiger partial charge in [0.2, 0.25) is 0 Å². The Morgan fingerprint density at radius 3 is 1.24 bits per heavy atom. The highest BCUT2D eigenvalue weighted by Crippen LogP contribution is 2.14. The maximum absolute atomic E-state index is 9.68. The highest BCUT2D eigenvalue weighted by molar-refractivity contribution is 4.67. The molecule has 0 heterocycles. The minimum Gasteiger partial charge on any atom is -0.394 e. The maximum Gasteiger partial charge on any atom is 0.104 e. The van der Waals surface area contributed by atoms with Crippen LogP contribution in [0.4, 0.5) is 0 Å². The molecule has 0 radical (unpaired) electrons. The van der Waals surface area contributed by atoms with Gasteiger partial charge in [-0.25, -0.2) is 0 Å². The first kappa shape index (κ1) is 37.5. The molecule has 0 aliphatic carbocycles. The molecule has 0 rings (SSSR count). The van der Waals surface area contributed by atoms with Crippen LogP contribution in [0.15, 0.2) is 0 Å². The summed E-state index contributed by atoms with van der Waals surface area (Å²) in [4.78, 5) is 0. The molecule has 0 aromatic carbocycles. The average molecular weight is 561 g/mol. The normalized spacial score (nSPS) is 17.8. The molecule has 0 bridgehead atoms. The first-order valence-corrected chi connectivity index (χ1v) is 13.3. The van der Waals surface area contributed by atoms with Gasteiger partial charge in [-0.2, -0.15) is 0 Å². The van der Waals surface area contributed by atoms with Crippen LogP contribution in [0.5, 0.6) is 0 Å². The summed E-state index contributed by atoms with van der Waals surface area (Å²) >= 11 is 0. The zero-order valence-corrected chi connectivity index (χ0v) is 23.1. The molecule has 6 unspecified atom stereocenters. The van der Waals surface area contributed by atoms with Gasteiger partial charge in [0.05, 0.1) is 92.0 Å². The first-order valence-electron chi connectivity index (χ1n) is 13.3. The Morgan fingerprint density at radius 1 is 0.474 bits per heavy atom. The molecule has 0 saturated carbocycles. The molecule has 0 amide bonds. The van der Waals surface area contributed by atoms with Crippen molar-refractivity contribution < 1.29 is 64.2 Å². The molecule has 38 heavy (non-hydrogen) atoms. The van der Waals surface area contributed by atoms with Gasteiger partial charge >= 0.3 is 0 Å². The van der Waals surface area contributed by atoms with Crippen molar-refractivity contribution in [2.45, 2.75) is 63.8 Å². The van der Waals surface area contributed by atoms with Crippen LogP contribution in [0.25, 0.3) is 0 Å². The Morgan fingerprint density at radius 2 is 0.842 bits per heavy atom. The van der Waals surface area contributed by atoms with E-state index in [2.05, 4.69) is 0 Å². The van der Waals surface area contributed by atoms with E-state index in [1.165, 1.54) is 0 Å². The van der Waals surface area contributed by atoms with Gasteiger partial charge in [0.25, 0.3) is 0 Å². The number of rotatable bonds is 27. The lowest BCUT2D eigenvalue weighted by Gasteiger charge is -2.26. The van der Waals surface area contributed by atoms with Gasteiger partial charge in [-0.15, -0.1) is 0 Å². The standard InChI is InChI=1S/C25H52O13/c1-4-20(29)10-34-17-25(38-13-23(32)7-28)14-33-8-19(18(2)3)9-37-24(15-35-11-21(30)5-26)16-36-12-22(31)6-27/h18-32H,4-17H2,1-3H3. The summed E-state index contributed by atoms with van der Waals surface area (Å²) in [5, 5.41) is 65.1. The van der Waals surface area contributed by atoms with Crippen molar-refractivity contribution in [3.8, 4) is 0 Å². The number of aliphatic hydroxyl groups excluding tert-OH is 7. The fourth-order valence-corrected chi connectivity index (χ4v) is 2.86. The maximum atomic E-state index is 9.68. The molecule has 0 aromatic rings. The van der Waals surface area contributed by atoms with Crippen molar-refractivity contribution >= 4 is 0 Å². The molecule has 13 nitrogen and oxygen atoms in total. The topological polar surface area (TPSA) is 197 Å². The van der Waals surface area contributed by atoms with Crippen LogP contribution in [-0.2, 0) is 28.4 Å². The van der Waals surface area contributed by atoms with E-state index in [0.29, 0.717) is 19.6 Å². The highest BCUT2D eigenvalue weighted by atomic mass is 16.6. The smallest absolute Gasteiger partial charge is 0.104 e. The summed E-state index contributed by atoms with van der Waals surface area (Å²) in [7, 11) is 0. The molecule has 0 aliphatic heterocycles. The average Bonchev–Trinajstić information content (AvgIpc) is 2.91. The molecule has 230 valence electrons. The molecular formula is C25H52O13. The number of hydrogen-bond acceptors (Lipinski definition) is 13. The largest absolute Gasteiger partial charge is 0.394 e. The number of hydrogen-bond donors (Lipinski definition) is 7. The van der Waals surface area contributed by atoms with Gasteiger partial charge in [-0.05, 0) is 12.3 Å². The third-order valence-corrected chi connectivity index (χ3v) is 5.59. The van der Waals surface area contributed by atoms with E-state index in [0.717, 1.165) is 0 Å². The van der Waals surface area contributed by atoms with E-state index in [1.807, 2.05) is 20.8 Å². The van der Waals surface area contributed by atoms with Gasteiger partial charge in [0.1, 0.15) is 30.5 Å². The van der Waals surface area contributed by atoms with Crippen molar-refractivity contribution in [3.63, 3.8) is 0 Å². The second-order valence-electron chi connectivity index (χ2n) is 9.64. The summed E-state index contributed by atoms with van der Waals surface area (Å²) in [6, 6.07) is 0. The van der Waals surface area contributed by atoms with Crippen LogP contribution in [0, 0.1) is 11.8 Å². The third-order valence-electron chi connectivity index (χ3n) is 5.59. The Bertz CT molecular complexity index is 498. The lowest BCUT2D eigenvalue weighted by Crippen LogP contribution is -2.35. The second-order valence-corrected chi connectivity index (χ2v) is 9.64.